The smallest absolute Gasteiger partial charge is 0.224 e. The van der Waals surface area contributed by atoms with Crippen LogP contribution in [0, 0.1) is 12.8 Å². The number of amides is 1. The van der Waals surface area contributed by atoms with Gasteiger partial charge in [0.25, 0.3) is 0 Å². The van der Waals surface area contributed by atoms with Crippen molar-refractivity contribution in [2.24, 2.45) is 13.0 Å². The summed E-state index contributed by atoms with van der Waals surface area (Å²) in [6, 6.07) is 3.98. The minimum Gasteiger partial charge on any atom is -0.349 e. The lowest BCUT2D eigenvalue weighted by molar-refractivity contribution is -0.117. The van der Waals surface area contributed by atoms with Crippen LogP contribution in [0.2, 0.25) is 0 Å². The van der Waals surface area contributed by atoms with Gasteiger partial charge in [-0.15, -0.1) is 0 Å². The fourth-order valence-electron chi connectivity index (χ4n) is 3.14. The molecule has 0 aromatic carbocycles. The van der Waals surface area contributed by atoms with Crippen molar-refractivity contribution in [3.63, 3.8) is 0 Å². The fourth-order valence-corrected chi connectivity index (χ4v) is 3.14. The van der Waals surface area contributed by atoms with Gasteiger partial charge in [-0.1, -0.05) is 12.8 Å². The number of nitrogens with one attached hydrogen (secondary N) is 2. The molecule has 0 spiro atoms. The van der Waals surface area contributed by atoms with Crippen LogP contribution in [0.4, 0.5) is 5.69 Å². The van der Waals surface area contributed by atoms with E-state index in [4.69, 9.17) is 0 Å². The van der Waals surface area contributed by atoms with Crippen molar-refractivity contribution < 1.29 is 4.79 Å². The number of aryl methyl sites for hydroxylation is 2. The van der Waals surface area contributed by atoms with E-state index in [9.17, 15) is 4.79 Å². The molecule has 21 heavy (non-hydrogen) atoms. The van der Waals surface area contributed by atoms with Gasteiger partial charge in [0.2, 0.25) is 5.91 Å². The van der Waals surface area contributed by atoms with E-state index in [0.717, 1.165) is 22.8 Å². The summed E-state index contributed by atoms with van der Waals surface area (Å²) in [7, 11) is 1.98. The van der Waals surface area contributed by atoms with Crippen LogP contribution in [0.15, 0.2) is 18.3 Å². The first-order valence-electron chi connectivity index (χ1n) is 7.61. The molecule has 1 aliphatic rings. The van der Waals surface area contributed by atoms with Gasteiger partial charge in [0.15, 0.2) is 0 Å². The number of carbonyl (C=O) groups excluding carboxylic acids is 1. The molecule has 0 saturated heterocycles. The first-order valence-corrected chi connectivity index (χ1v) is 7.61. The summed E-state index contributed by atoms with van der Waals surface area (Å²) in [5.74, 6) is 0.651. The third-order valence-corrected chi connectivity index (χ3v) is 4.35. The molecule has 2 aromatic rings. The average molecular weight is 286 g/mol. The van der Waals surface area contributed by atoms with Gasteiger partial charge in [-0.05, 0) is 37.8 Å². The number of anilines is 1. The third kappa shape index (κ3) is 2.86. The Balaban J connectivity index is 1.77. The highest BCUT2D eigenvalue weighted by Crippen LogP contribution is 2.31. The molecular formula is C16H22N4O. The number of aromatic nitrogens is 3. The van der Waals surface area contributed by atoms with E-state index < -0.39 is 0 Å². The molecule has 1 saturated carbocycles. The zero-order chi connectivity index (χ0) is 14.8. The number of carbonyl (C=O) groups is 1. The maximum absolute atomic E-state index is 12.3. The van der Waals surface area contributed by atoms with Crippen molar-refractivity contribution in [3.8, 4) is 11.4 Å². The largest absolute Gasteiger partial charge is 0.349 e. The Morgan fingerprint density at radius 2 is 2.24 bits per heavy atom. The molecule has 2 heterocycles. The van der Waals surface area contributed by atoms with E-state index >= 15 is 0 Å². The van der Waals surface area contributed by atoms with Crippen molar-refractivity contribution in [2.45, 2.75) is 39.0 Å². The summed E-state index contributed by atoms with van der Waals surface area (Å²) in [4.78, 5) is 12.3. The van der Waals surface area contributed by atoms with Crippen LogP contribution in [0.3, 0.4) is 0 Å². The van der Waals surface area contributed by atoms with Gasteiger partial charge in [-0.25, -0.2) is 0 Å². The fraction of sp³-hybridized carbons (Fsp3) is 0.500. The summed E-state index contributed by atoms with van der Waals surface area (Å²) < 4.78 is 2.00. The molecule has 3 rings (SSSR count). The van der Waals surface area contributed by atoms with E-state index in [2.05, 4.69) is 15.5 Å². The van der Waals surface area contributed by atoms with E-state index in [0.29, 0.717) is 12.3 Å². The van der Waals surface area contributed by atoms with Gasteiger partial charge in [-0.3, -0.25) is 9.89 Å². The molecule has 0 unspecified atom stereocenters. The predicted octanol–water partition coefficient (Wildman–Crippen LogP) is 3.24. The SMILES string of the molecule is Cc1[nH]nc(-c2cccn2C)c1NC(=O)CC1CCCC1. The first-order chi connectivity index (χ1) is 10.1. The molecule has 0 bridgehead atoms. The molecule has 1 amide bonds. The zero-order valence-corrected chi connectivity index (χ0v) is 12.6. The second-order valence-electron chi connectivity index (χ2n) is 5.98. The number of hydrogen-bond acceptors (Lipinski definition) is 2. The number of hydrogen-bond donors (Lipinski definition) is 2. The van der Waals surface area contributed by atoms with Crippen molar-refractivity contribution in [3.05, 3.63) is 24.0 Å². The minimum atomic E-state index is 0.0989. The zero-order valence-electron chi connectivity index (χ0n) is 12.6. The van der Waals surface area contributed by atoms with Gasteiger partial charge in [-0.2, -0.15) is 5.10 Å². The third-order valence-electron chi connectivity index (χ3n) is 4.35. The Morgan fingerprint density at radius 1 is 1.48 bits per heavy atom. The summed E-state index contributed by atoms with van der Waals surface area (Å²) in [5, 5.41) is 10.4. The molecule has 1 aliphatic carbocycles. The maximum Gasteiger partial charge on any atom is 0.224 e. The second kappa shape index (κ2) is 5.76. The lowest BCUT2D eigenvalue weighted by Crippen LogP contribution is -2.16. The molecule has 1 fully saturated rings. The molecule has 0 radical (unpaired) electrons. The van der Waals surface area contributed by atoms with Crippen LogP contribution < -0.4 is 5.32 Å². The quantitative estimate of drug-likeness (QED) is 0.906. The van der Waals surface area contributed by atoms with E-state index in [1.807, 2.05) is 36.9 Å². The first kappa shape index (κ1) is 13.9. The van der Waals surface area contributed by atoms with Gasteiger partial charge in [0.1, 0.15) is 5.69 Å². The van der Waals surface area contributed by atoms with E-state index in [1.54, 1.807) is 0 Å². The second-order valence-corrected chi connectivity index (χ2v) is 5.98. The topological polar surface area (TPSA) is 62.7 Å². The summed E-state index contributed by atoms with van der Waals surface area (Å²) >= 11 is 0. The van der Waals surface area contributed by atoms with Crippen molar-refractivity contribution in [1.82, 2.24) is 14.8 Å². The summed E-state index contributed by atoms with van der Waals surface area (Å²) in [6.45, 7) is 1.94. The van der Waals surface area contributed by atoms with Crippen LogP contribution in [-0.2, 0) is 11.8 Å². The molecule has 2 aromatic heterocycles. The van der Waals surface area contributed by atoms with Gasteiger partial charge in [0.05, 0.1) is 17.1 Å². The Hall–Kier alpha value is -2.04. The number of rotatable bonds is 4. The number of nitrogens with zero attached hydrogens (tertiary/aromatic N) is 2. The highest BCUT2D eigenvalue weighted by Gasteiger charge is 2.21. The number of aromatic amines is 1. The maximum atomic E-state index is 12.3. The normalized spacial score (nSPS) is 15.5. The van der Waals surface area contributed by atoms with Crippen LogP contribution >= 0.6 is 0 Å². The van der Waals surface area contributed by atoms with Gasteiger partial charge in [0, 0.05) is 19.7 Å². The Bertz CT molecular complexity index is 634. The van der Waals surface area contributed by atoms with Gasteiger partial charge >= 0.3 is 0 Å². The monoisotopic (exact) mass is 286 g/mol. The van der Waals surface area contributed by atoms with E-state index in [-0.39, 0.29) is 5.91 Å². The van der Waals surface area contributed by atoms with Crippen LogP contribution in [0.1, 0.15) is 37.8 Å². The van der Waals surface area contributed by atoms with Gasteiger partial charge < -0.3 is 9.88 Å². The van der Waals surface area contributed by atoms with Crippen molar-refractivity contribution in [2.75, 3.05) is 5.32 Å². The van der Waals surface area contributed by atoms with Crippen LogP contribution in [0.5, 0.6) is 0 Å². The Kier molecular flexibility index (Phi) is 3.82. The molecular weight excluding hydrogens is 264 g/mol. The molecule has 112 valence electrons. The molecule has 5 nitrogen and oxygen atoms in total. The van der Waals surface area contributed by atoms with Crippen LogP contribution in [-0.4, -0.2) is 20.7 Å². The van der Waals surface area contributed by atoms with E-state index in [1.165, 1.54) is 25.7 Å². The summed E-state index contributed by atoms with van der Waals surface area (Å²) in [5.41, 5.74) is 3.50. The predicted molar refractivity (Wildman–Crippen MR) is 82.9 cm³/mol. The van der Waals surface area contributed by atoms with Crippen molar-refractivity contribution >= 4 is 11.6 Å². The molecule has 0 atom stereocenters. The minimum absolute atomic E-state index is 0.0989. The Labute approximate surface area is 124 Å². The highest BCUT2D eigenvalue weighted by atomic mass is 16.1. The van der Waals surface area contributed by atoms with Crippen molar-refractivity contribution in [1.29, 1.82) is 0 Å². The molecule has 2 N–H and O–H groups in total. The number of H-pyrrole nitrogens is 1. The molecule has 5 heteroatoms. The average Bonchev–Trinajstić information content (AvgIpc) is 3.15. The lowest BCUT2D eigenvalue weighted by atomic mass is 10.0. The Morgan fingerprint density at radius 3 is 2.90 bits per heavy atom. The summed E-state index contributed by atoms with van der Waals surface area (Å²) in [6.07, 6.45) is 7.49. The standard InChI is InChI=1S/C16H22N4O/c1-11-15(17-14(21)10-12-6-3-4-7-12)16(19-18-11)13-8-5-9-20(13)2/h5,8-9,12H,3-4,6-7,10H2,1-2H3,(H,17,21)(H,18,19). The van der Waals surface area contributed by atoms with Crippen LogP contribution in [0.25, 0.3) is 11.4 Å². The molecule has 0 aliphatic heterocycles. The highest BCUT2D eigenvalue weighted by molar-refractivity contribution is 5.95. The lowest BCUT2D eigenvalue weighted by Gasteiger charge is -2.11.